The van der Waals surface area contributed by atoms with Gasteiger partial charge in [0.05, 0.1) is 0 Å². The number of fused-ring (bicyclic) bond motifs is 1. The predicted molar refractivity (Wildman–Crippen MR) is 120 cm³/mol. The number of hydrogen-bond donors (Lipinski definition) is 2. The summed E-state index contributed by atoms with van der Waals surface area (Å²) in [5.41, 5.74) is 3.38. The van der Waals surface area contributed by atoms with Gasteiger partial charge < -0.3 is 15.1 Å². The maximum absolute atomic E-state index is 12.6. The molecular weight excluding hydrogens is 438 g/mol. The van der Waals surface area contributed by atoms with Crippen LogP contribution in [0.4, 0.5) is 0 Å². The number of carbonyl (C=O) groups excluding carboxylic acids is 1. The van der Waals surface area contributed by atoms with E-state index in [1.807, 2.05) is 61.0 Å². The van der Waals surface area contributed by atoms with Gasteiger partial charge in [-0.25, -0.2) is 0 Å². The van der Waals surface area contributed by atoms with Crippen LogP contribution in [0.5, 0.6) is 0 Å². The SMILES string of the molecule is CSCCNC(=O)/C(Cc1c[nH]c2ccc(Br)cc12)=N\OCc1ccccc1. The number of H-pyrrole nitrogens is 1. The van der Waals surface area contributed by atoms with Crippen molar-refractivity contribution in [1.29, 1.82) is 0 Å². The minimum Gasteiger partial charge on any atom is -0.391 e. The lowest BCUT2D eigenvalue weighted by Gasteiger charge is -2.08. The number of rotatable bonds is 9. The first kappa shape index (κ1) is 20.5. The van der Waals surface area contributed by atoms with Crippen LogP contribution in [0.2, 0.25) is 0 Å². The smallest absolute Gasteiger partial charge is 0.269 e. The Balaban J connectivity index is 1.77. The van der Waals surface area contributed by atoms with Gasteiger partial charge in [0.1, 0.15) is 12.3 Å². The molecule has 5 nitrogen and oxygen atoms in total. The molecule has 3 aromatic rings. The number of amides is 1. The summed E-state index contributed by atoms with van der Waals surface area (Å²) in [7, 11) is 0. The molecule has 0 unspecified atom stereocenters. The lowest BCUT2D eigenvalue weighted by atomic mass is 10.1. The number of oxime groups is 1. The van der Waals surface area contributed by atoms with Crippen molar-refractivity contribution >= 4 is 50.2 Å². The van der Waals surface area contributed by atoms with E-state index >= 15 is 0 Å². The third kappa shape index (κ3) is 5.62. The Bertz CT molecular complexity index is 957. The number of benzene rings is 2. The number of halogens is 1. The second-order valence-corrected chi connectivity index (χ2v) is 8.13. The van der Waals surface area contributed by atoms with Crippen LogP contribution in [0.3, 0.4) is 0 Å². The molecule has 1 amide bonds. The van der Waals surface area contributed by atoms with Crippen LogP contribution in [-0.2, 0) is 22.7 Å². The second kappa shape index (κ2) is 10.3. The lowest BCUT2D eigenvalue weighted by Crippen LogP contribution is -2.34. The Morgan fingerprint density at radius 3 is 2.86 bits per heavy atom. The number of nitrogens with one attached hydrogen (secondary N) is 2. The zero-order valence-electron chi connectivity index (χ0n) is 15.6. The van der Waals surface area contributed by atoms with Crippen LogP contribution in [0, 0.1) is 0 Å². The molecule has 0 aliphatic carbocycles. The average molecular weight is 460 g/mol. The molecule has 2 N–H and O–H groups in total. The molecule has 0 fully saturated rings. The van der Waals surface area contributed by atoms with E-state index in [0.29, 0.717) is 25.3 Å². The Hall–Kier alpha value is -2.25. The molecule has 3 rings (SSSR count). The Morgan fingerprint density at radius 2 is 2.07 bits per heavy atom. The minimum atomic E-state index is -0.202. The molecule has 1 heterocycles. The number of aromatic amines is 1. The molecular formula is C21H22BrN3O2S. The molecule has 0 radical (unpaired) electrons. The van der Waals surface area contributed by atoms with Crippen molar-refractivity contribution in [3.8, 4) is 0 Å². The summed E-state index contributed by atoms with van der Waals surface area (Å²) in [4.78, 5) is 21.4. The number of aromatic nitrogens is 1. The van der Waals surface area contributed by atoms with Gasteiger partial charge in [-0.1, -0.05) is 51.4 Å². The first-order valence-electron chi connectivity index (χ1n) is 8.93. The van der Waals surface area contributed by atoms with Crippen LogP contribution >= 0.6 is 27.7 Å². The van der Waals surface area contributed by atoms with Crippen molar-refractivity contribution in [1.82, 2.24) is 10.3 Å². The van der Waals surface area contributed by atoms with E-state index in [-0.39, 0.29) is 5.91 Å². The Morgan fingerprint density at radius 1 is 1.25 bits per heavy atom. The maximum Gasteiger partial charge on any atom is 0.269 e. The summed E-state index contributed by atoms with van der Waals surface area (Å²) in [5, 5.41) is 8.15. The van der Waals surface area contributed by atoms with Crippen molar-refractivity contribution in [2.24, 2.45) is 5.16 Å². The molecule has 0 saturated carbocycles. The van der Waals surface area contributed by atoms with E-state index < -0.39 is 0 Å². The highest BCUT2D eigenvalue weighted by Crippen LogP contribution is 2.23. The van der Waals surface area contributed by atoms with Crippen LogP contribution in [0.25, 0.3) is 10.9 Å². The second-order valence-electron chi connectivity index (χ2n) is 6.23. The molecule has 28 heavy (non-hydrogen) atoms. The predicted octanol–water partition coefficient (Wildman–Crippen LogP) is 4.52. The first-order valence-corrected chi connectivity index (χ1v) is 11.1. The molecule has 0 aliphatic heterocycles. The van der Waals surface area contributed by atoms with Crippen LogP contribution in [-0.4, -0.2) is 35.2 Å². The molecule has 0 spiro atoms. The van der Waals surface area contributed by atoms with Crippen molar-refractivity contribution in [2.75, 3.05) is 18.6 Å². The van der Waals surface area contributed by atoms with Gasteiger partial charge in [-0.3, -0.25) is 4.79 Å². The lowest BCUT2D eigenvalue weighted by molar-refractivity contribution is -0.115. The molecule has 0 bridgehead atoms. The fourth-order valence-electron chi connectivity index (χ4n) is 2.76. The van der Waals surface area contributed by atoms with Gasteiger partial charge in [-0.15, -0.1) is 0 Å². The summed E-state index contributed by atoms with van der Waals surface area (Å²) in [6.45, 7) is 0.916. The summed E-state index contributed by atoms with van der Waals surface area (Å²) >= 11 is 5.19. The van der Waals surface area contributed by atoms with E-state index in [1.165, 1.54) is 0 Å². The summed E-state index contributed by atoms with van der Waals surface area (Å²) in [6.07, 6.45) is 4.31. The fourth-order valence-corrected chi connectivity index (χ4v) is 3.43. The highest BCUT2D eigenvalue weighted by atomic mass is 79.9. The summed E-state index contributed by atoms with van der Waals surface area (Å²) in [6, 6.07) is 15.8. The van der Waals surface area contributed by atoms with Gasteiger partial charge in [-0.05, 0) is 35.6 Å². The number of thioether (sulfide) groups is 1. The van der Waals surface area contributed by atoms with Gasteiger partial charge in [0, 0.05) is 40.3 Å². The zero-order chi connectivity index (χ0) is 19.8. The Kier molecular flexibility index (Phi) is 7.56. The van der Waals surface area contributed by atoms with Crippen LogP contribution in [0.15, 0.2) is 64.4 Å². The molecule has 0 atom stereocenters. The third-order valence-electron chi connectivity index (χ3n) is 4.19. The van der Waals surface area contributed by atoms with E-state index in [2.05, 4.69) is 31.4 Å². The highest BCUT2D eigenvalue weighted by Gasteiger charge is 2.16. The van der Waals surface area contributed by atoms with Gasteiger partial charge >= 0.3 is 0 Å². The molecule has 7 heteroatoms. The molecule has 0 aliphatic rings. The standard InChI is InChI=1S/C21H22BrN3O2S/c1-28-10-9-23-21(26)20(25-27-14-15-5-3-2-4-6-15)11-16-13-24-19-8-7-17(22)12-18(16)19/h2-8,12-13,24H,9-11,14H2,1H3,(H,23,26)/b25-20-. The molecule has 2 aromatic carbocycles. The summed E-state index contributed by atoms with van der Waals surface area (Å²) < 4.78 is 0.990. The van der Waals surface area contributed by atoms with E-state index in [9.17, 15) is 4.79 Å². The first-order chi connectivity index (χ1) is 13.7. The highest BCUT2D eigenvalue weighted by molar-refractivity contribution is 9.10. The zero-order valence-corrected chi connectivity index (χ0v) is 18.0. The normalized spacial score (nSPS) is 11.6. The number of carbonyl (C=O) groups is 1. The Labute approximate surface area is 177 Å². The quantitative estimate of drug-likeness (QED) is 0.280. The fraction of sp³-hybridized carbons (Fsp3) is 0.238. The van der Waals surface area contributed by atoms with E-state index in [0.717, 1.165) is 32.3 Å². The van der Waals surface area contributed by atoms with Crippen molar-refractivity contribution in [2.45, 2.75) is 13.0 Å². The maximum atomic E-state index is 12.6. The molecule has 0 saturated heterocycles. The average Bonchev–Trinajstić information content (AvgIpc) is 3.10. The van der Waals surface area contributed by atoms with Gasteiger partial charge in [0.25, 0.3) is 5.91 Å². The van der Waals surface area contributed by atoms with Gasteiger partial charge in [-0.2, -0.15) is 11.8 Å². The van der Waals surface area contributed by atoms with E-state index in [4.69, 9.17) is 4.84 Å². The van der Waals surface area contributed by atoms with Crippen LogP contribution in [0.1, 0.15) is 11.1 Å². The summed E-state index contributed by atoms with van der Waals surface area (Å²) in [5.74, 6) is 0.649. The number of nitrogens with zero attached hydrogens (tertiary/aromatic N) is 1. The van der Waals surface area contributed by atoms with E-state index in [1.54, 1.807) is 11.8 Å². The minimum absolute atomic E-state index is 0.202. The van der Waals surface area contributed by atoms with Crippen molar-refractivity contribution in [3.05, 3.63) is 70.3 Å². The number of hydrogen-bond acceptors (Lipinski definition) is 4. The van der Waals surface area contributed by atoms with Gasteiger partial charge in [0.2, 0.25) is 0 Å². The largest absolute Gasteiger partial charge is 0.391 e. The molecule has 146 valence electrons. The van der Waals surface area contributed by atoms with Gasteiger partial charge in [0.15, 0.2) is 0 Å². The third-order valence-corrected chi connectivity index (χ3v) is 5.30. The molecule has 1 aromatic heterocycles. The van der Waals surface area contributed by atoms with Crippen LogP contribution < -0.4 is 5.32 Å². The topological polar surface area (TPSA) is 66.5 Å². The monoisotopic (exact) mass is 459 g/mol. The van der Waals surface area contributed by atoms with Crippen molar-refractivity contribution in [3.63, 3.8) is 0 Å². The van der Waals surface area contributed by atoms with Crippen molar-refractivity contribution < 1.29 is 9.63 Å².